The van der Waals surface area contributed by atoms with Crippen LogP contribution in [0.1, 0.15) is 51.4 Å². The molecule has 0 bridgehead atoms. The van der Waals surface area contributed by atoms with E-state index < -0.39 is 45.0 Å². The van der Waals surface area contributed by atoms with Gasteiger partial charge in [0.2, 0.25) is 0 Å². The topological polar surface area (TPSA) is 461 Å². The van der Waals surface area contributed by atoms with Gasteiger partial charge in [0.05, 0.1) is 130 Å². The fraction of sp³-hybridized carbons (Fsp3) is 0.397. The first-order chi connectivity index (χ1) is 48.3. The van der Waals surface area contributed by atoms with E-state index in [0.717, 1.165) is 82.3 Å². The van der Waals surface area contributed by atoms with E-state index in [9.17, 15) is 38.4 Å². The lowest BCUT2D eigenvalue weighted by Gasteiger charge is -2.18. The van der Waals surface area contributed by atoms with Gasteiger partial charge in [0.1, 0.15) is 0 Å². The summed E-state index contributed by atoms with van der Waals surface area (Å²) in [5.41, 5.74) is 22.3. The number of rotatable bonds is 21. The van der Waals surface area contributed by atoms with Gasteiger partial charge in [-0.2, -0.15) is 19.9 Å². The molecule has 8 aliphatic heterocycles. The fourth-order valence-electron chi connectivity index (χ4n) is 11.3. The monoisotopic (exact) mass is 1390 g/mol. The molecule has 0 saturated carbocycles. The molecule has 0 saturated heterocycles. The standard InChI is InChI=1S/C19H24N6O3.C18H23N5O4.C17H21N5O3.C14H15N5O2/c1-11-9-14-15(10-12(11)2)24(7-8-28-4)17-16(22-14)18(26)25(19(27)23-17)6-5-21-13(3)20;1-11-9-13-14(10-12(11)2)23(4-6-27-8-7-26-5-3-19)16-15(20-13)17(24)22-18(25)21-16;1-10-8-12-13(9-11(10)2)21(6-7-25-3)15-14(19-12)16(23)22(5-4-18)17(24)20-15;1-7-5-9-10(6-8(7)2)19(4-3-15)12-11(16-9)13(20)18-14(21)17-12/h9-10H,5-8H2,1-4H3,(H2,20,21);9-10H,3-8,19H2,1-2H3,(H,22,24,25);8-9H,4-7,18H2,1-3H3;5-6H,3-4,15H2,1-2H3,(H,18,20,21)/p+4. The third-order valence-corrected chi connectivity index (χ3v) is 17.1. The van der Waals surface area contributed by atoms with Crippen molar-refractivity contribution in [2.45, 2.75) is 102 Å². The third kappa shape index (κ3) is 16.6. The molecule has 532 valence electrons. The van der Waals surface area contributed by atoms with Crippen molar-refractivity contribution in [1.82, 2.24) is 77.2 Å². The van der Waals surface area contributed by atoms with Gasteiger partial charge in [-0.3, -0.25) is 43.7 Å². The molecule has 14 N–H and O–H groups in total. The van der Waals surface area contributed by atoms with Crippen LogP contribution in [0.15, 0.2) is 86.9 Å². The minimum absolute atomic E-state index is 0.143. The Kier molecular flexibility index (Phi) is 24.4. The average molecular weight is 1390 g/mol. The largest absolute Gasteiger partial charge is 0.383 e. The van der Waals surface area contributed by atoms with Crippen LogP contribution < -0.4 is 67.5 Å². The number of quaternary nitrogens is 4. The number of fused-ring (bicyclic) bond motifs is 8. The summed E-state index contributed by atoms with van der Waals surface area (Å²) < 4.78 is 30.8. The highest BCUT2D eigenvalue weighted by Gasteiger charge is 2.26. The van der Waals surface area contributed by atoms with Crippen LogP contribution in [-0.2, 0) is 58.2 Å². The van der Waals surface area contributed by atoms with Gasteiger partial charge in [-0.25, -0.2) is 39.1 Å². The lowest BCUT2D eigenvalue weighted by atomic mass is 10.1. The molecule has 0 radical (unpaired) electrons. The Hall–Kier alpha value is -10.7. The number of aromatic amines is 2. The fourth-order valence-corrected chi connectivity index (χ4v) is 11.3. The number of benzene rings is 4. The predicted molar refractivity (Wildman–Crippen MR) is 378 cm³/mol. The zero-order valence-corrected chi connectivity index (χ0v) is 58.8. The SMILES string of the molecule is COCCn1c2nc(=O)n(CC[NH2+]C(C)=N)c(=O)c-2nc2cc(C)c(C)cc21.COCCn1c2nc(=O)n(CC[NH3+])c(=O)c-2nc2cc(C)c(C)cc21.Cc1cc2nc3c(=O)[nH]c(=O)nc-3n(CCOCCOCC[NH3+])c2cc1C.Cc1cc2nc3c(=O)[nH]c(=O)nc-3n(CC[NH3+])c2cc1C. The van der Waals surface area contributed by atoms with E-state index in [1.54, 1.807) is 26.5 Å². The summed E-state index contributed by atoms with van der Waals surface area (Å²) >= 11 is 0. The van der Waals surface area contributed by atoms with Crippen LogP contribution in [0.2, 0.25) is 0 Å². The molecule has 33 heteroatoms. The maximum Gasteiger partial charge on any atom is 0.352 e. The zero-order chi connectivity index (χ0) is 73.1. The number of aryl methyl sites for hydroxylation is 8. The average Bonchev–Trinajstić information content (AvgIpc) is 0.694. The molecule has 0 aliphatic carbocycles. The summed E-state index contributed by atoms with van der Waals surface area (Å²) in [6.07, 6.45) is 0. The molecule has 0 atom stereocenters. The van der Waals surface area contributed by atoms with Gasteiger partial charge < -0.3 is 59.7 Å². The van der Waals surface area contributed by atoms with E-state index in [4.69, 9.17) is 24.4 Å². The smallest absolute Gasteiger partial charge is 0.352 e. The van der Waals surface area contributed by atoms with Crippen molar-refractivity contribution in [3.63, 3.8) is 0 Å². The molecule has 0 aromatic heterocycles. The summed E-state index contributed by atoms with van der Waals surface area (Å²) in [6, 6.07) is 15.7. The molecular weight excluding hydrogens is 1300 g/mol. The van der Waals surface area contributed by atoms with E-state index in [2.05, 4.69) is 67.0 Å². The Morgan fingerprint density at radius 1 is 0.396 bits per heavy atom. The predicted octanol–water partition coefficient (Wildman–Crippen LogP) is -1.64. The maximum absolute atomic E-state index is 13.0. The van der Waals surface area contributed by atoms with E-state index >= 15 is 0 Å². The molecule has 0 amide bonds. The van der Waals surface area contributed by atoms with E-state index in [-0.39, 0.29) is 47.5 Å². The number of hydrogen-bond donors (Lipinski definition) is 7. The Morgan fingerprint density at radius 3 is 1.07 bits per heavy atom. The van der Waals surface area contributed by atoms with Crippen LogP contribution in [0, 0.1) is 60.8 Å². The van der Waals surface area contributed by atoms with Gasteiger partial charge in [-0.05, 0) is 148 Å². The quantitative estimate of drug-likeness (QED) is 0.0184. The van der Waals surface area contributed by atoms with Crippen molar-refractivity contribution in [3.05, 3.63) is 176 Å². The summed E-state index contributed by atoms with van der Waals surface area (Å²) in [5, 5.41) is 9.12. The highest BCUT2D eigenvalue weighted by molar-refractivity contribution is 5.84. The Labute approximate surface area is 575 Å². The molecule has 101 heavy (non-hydrogen) atoms. The van der Waals surface area contributed by atoms with E-state index in [1.165, 1.54) is 0 Å². The number of ether oxygens (including phenoxy) is 4. The number of H-pyrrole nitrogens is 2. The summed E-state index contributed by atoms with van der Waals surface area (Å²) in [4.78, 5) is 136. The lowest BCUT2D eigenvalue weighted by molar-refractivity contribution is -0.543. The van der Waals surface area contributed by atoms with Crippen LogP contribution in [0.25, 0.3) is 90.2 Å². The molecule has 33 nitrogen and oxygen atoms in total. The van der Waals surface area contributed by atoms with Crippen LogP contribution in [0.3, 0.4) is 0 Å². The maximum atomic E-state index is 13.0. The molecule has 0 unspecified atom stereocenters. The van der Waals surface area contributed by atoms with E-state index in [1.807, 2.05) is 122 Å². The van der Waals surface area contributed by atoms with Crippen molar-refractivity contribution < 1.29 is 41.5 Å². The van der Waals surface area contributed by atoms with Crippen LogP contribution >= 0.6 is 0 Å². The van der Waals surface area contributed by atoms with Gasteiger partial charge in [0.25, 0.3) is 22.2 Å². The van der Waals surface area contributed by atoms with Crippen molar-refractivity contribution in [1.29, 1.82) is 5.41 Å². The second-order valence-corrected chi connectivity index (χ2v) is 24.3. The number of hydrogen-bond acceptors (Lipinski definition) is 21. The molecule has 8 heterocycles. The van der Waals surface area contributed by atoms with Gasteiger partial charge in [0, 0.05) is 40.8 Å². The molecule has 4 aromatic rings. The Bertz CT molecular complexity index is 5440. The number of amidine groups is 1. The molecule has 12 rings (SSSR count). The highest BCUT2D eigenvalue weighted by atomic mass is 16.5. The first-order valence-corrected chi connectivity index (χ1v) is 32.9. The second-order valence-electron chi connectivity index (χ2n) is 24.3. The molecule has 8 aliphatic rings. The highest BCUT2D eigenvalue weighted by Crippen LogP contribution is 2.28. The van der Waals surface area contributed by atoms with Gasteiger partial charge >= 0.3 is 22.8 Å². The van der Waals surface area contributed by atoms with Gasteiger partial charge in [-0.1, -0.05) is 0 Å². The number of methoxy groups -OCH3 is 2. The summed E-state index contributed by atoms with van der Waals surface area (Å²) in [6.45, 7) is 25.0. The second kappa shape index (κ2) is 33.0. The number of nitrogens with zero attached hydrogens (tertiary/aromatic N) is 14. The van der Waals surface area contributed by atoms with Crippen molar-refractivity contribution in [2.75, 3.05) is 80.0 Å². The third-order valence-electron chi connectivity index (χ3n) is 17.1. The van der Waals surface area contributed by atoms with Crippen molar-refractivity contribution in [3.8, 4) is 46.1 Å². The van der Waals surface area contributed by atoms with Gasteiger partial charge in [0.15, 0.2) is 51.9 Å². The zero-order valence-electron chi connectivity index (χ0n) is 58.8. The molecular formula is C68H87N21O12+4. The molecule has 4 aromatic carbocycles. The van der Waals surface area contributed by atoms with Crippen LogP contribution in [0.5, 0.6) is 0 Å². The van der Waals surface area contributed by atoms with E-state index in [0.29, 0.717) is 125 Å². The van der Waals surface area contributed by atoms with Crippen molar-refractivity contribution >= 4 is 50.0 Å². The van der Waals surface area contributed by atoms with Crippen LogP contribution in [0.4, 0.5) is 0 Å². The number of aromatic nitrogens is 16. The number of nitrogens with two attached hydrogens (primary N) is 1. The Balaban J connectivity index is 0.000000158. The number of nitrogens with one attached hydrogen (secondary N) is 3. The Morgan fingerprint density at radius 2 is 0.713 bits per heavy atom. The first-order valence-electron chi connectivity index (χ1n) is 32.9. The van der Waals surface area contributed by atoms with Crippen LogP contribution in [-0.4, -0.2) is 163 Å². The van der Waals surface area contributed by atoms with Crippen molar-refractivity contribution in [2.24, 2.45) is 0 Å². The molecule has 0 fully saturated rings. The minimum atomic E-state index is -0.686. The first kappa shape index (κ1) is 74.6. The normalized spacial score (nSPS) is 11.5. The summed E-state index contributed by atoms with van der Waals surface area (Å²) in [5.74, 6) is 1.52. The lowest BCUT2D eigenvalue weighted by Crippen LogP contribution is -2.88. The minimum Gasteiger partial charge on any atom is -0.383 e. The molecule has 0 spiro atoms. The summed E-state index contributed by atoms with van der Waals surface area (Å²) in [7, 11) is 3.21. The van der Waals surface area contributed by atoms with Gasteiger partial charge in [-0.15, -0.1) is 0 Å².